The molecule has 0 amide bonds. The summed E-state index contributed by atoms with van der Waals surface area (Å²) in [5, 5.41) is 0.951. The van der Waals surface area contributed by atoms with E-state index in [4.69, 9.17) is 17.3 Å². The van der Waals surface area contributed by atoms with Crippen molar-refractivity contribution in [2.75, 3.05) is 13.1 Å². The Kier molecular flexibility index (Phi) is 6.44. The summed E-state index contributed by atoms with van der Waals surface area (Å²) in [6.07, 6.45) is 9.15. The number of halogens is 1. The lowest BCUT2D eigenvalue weighted by Crippen LogP contribution is -2.46. The van der Waals surface area contributed by atoms with Gasteiger partial charge in [-0.25, -0.2) is 4.99 Å². The number of thioether (sulfide) groups is 1. The van der Waals surface area contributed by atoms with Crippen molar-refractivity contribution >= 4 is 35.1 Å². The first-order valence-electron chi connectivity index (χ1n) is 9.22. The summed E-state index contributed by atoms with van der Waals surface area (Å²) in [7, 11) is 0. The molecule has 3 rings (SSSR count). The highest BCUT2D eigenvalue weighted by Crippen LogP contribution is 2.45. The van der Waals surface area contributed by atoms with Gasteiger partial charge < -0.3 is 15.6 Å². The maximum Gasteiger partial charge on any atom is 0.267 e. The molecule has 146 valence electrons. The smallest absolute Gasteiger partial charge is 0.267 e. The van der Waals surface area contributed by atoms with Gasteiger partial charge in [0.05, 0.1) is 11.2 Å². The number of nitrogens with two attached hydrogens (primary N) is 1. The Balaban J connectivity index is 1.66. The van der Waals surface area contributed by atoms with Crippen molar-refractivity contribution in [1.82, 2.24) is 9.88 Å². The molecule has 1 aromatic heterocycles. The Morgan fingerprint density at radius 2 is 2.22 bits per heavy atom. The second-order valence-electron chi connectivity index (χ2n) is 7.23. The van der Waals surface area contributed by atoms with E-state index in [9.17, 15) is 4.79 Å². The van der Waals surface area contributed by atoms with Gasteiger partial charge in [-0.1, -0.05) is 29.8 Å². The average molecular weight is 408 g/mol. The number of hydrogen-bond donors (Lipinski definition) is 2. The van der Waals surface area contributed by atoms with Gasteiger partial charge in [0.1, 0.15) is 10.8 Å². The minimum atomic E-state index is -0.300. The molecule has 0 bridgehead atoms. The molecule has 2 aliphatic rings. The van der Waals surface area contributed by atoms with Crippen LogP contribution in [0, 0.1) is 5.41 Å². The Morgan fingerprint density at radius 1 is 1.48 bits per heavy atom. The van der Waals surface area contributed by atoms with E-state index in [0.717, 1.165) is 43.2 Å². The summed E-state index contributed by atoms with van der Waals surface area (Å²) in [6.45, 7) is 7.44. The van der Waals surface area contributed by atoms with Crippen LogP contribution >= 0.6 is 23.4 Å². The molecule has 2 heterocycles. The summed E-state index contributed by atoms with van der Waals surface area (Å²) < 4.78 is 0. The van der Waals surface area contributed by atoms with Gasteiger partial charge in [0.15, 0.2) is 0 Å². The number of rotatable bonds is 4. The summed E-state index contributed by atoms with van der Waals surface area (Å²) in [4.78, 5) is 25.7. The number of aromatic amines is 1. The molecule has 0 aromatic carbocycles. The fourth-order valence-corrected chi connectivity index (χ4v) is 5.02. The van der Waals surface area contributed by atoms with Crippen molar-refractivity contribution in [3.05, 3.63) is 39.7 Å². The van der Waals surface area contributed by atoms with E-state index >= 15 is 0 Å². The van der Waals surface area contributed by atoms with Crippen molar-refractivity contribution in [3.63, 3.8) is 0 Å². The molecule has 1 spiro atoms. The molecular formula is C19H26ClN5OS. The fraction of sp³-hybridized carbons (Fsp3) is 0.526. The number of aromatic nitrogens is 1. The molecule has 1 saturated carbocycles. The van der Waals surface area contributed by atoms with Crippen molar-refractivity contribution in [2.45, 2.75) is 50.0 Å². The minimum Gasteiger partial charge on any atom is -0.355 e. The van der Waals surface area contributed by atoms with E-state index in [-0.39, 0.29) is 10.6 Å². The predicted octanol–water partition coefficient (Wildman–Crippen LogP) is 3.63. The molecular weight excluding hydrogens is 382 g/mol. The Bertz CT molecular complexity index is 811. The minimum absolute atomic E-state index is 0.178. The van der Waals surface area contributed by atoms with Crippen molar-refractivity contribution in [2.24, 2.45) is 21.1 Å². The van der Waals surface area contributed by atoms with Gasteiger partial charge >= 0.3 is 0 Å². The van der Waals surface area contributed by atoms with Gasteiger partial charge in [-0.15, -0.1) is 0 Å². The zero-order valence-electron chi connectivity index (χ0n) is 15.6. The summed E-state index contributed by atoms with van der Waals surface area (Å²) in [5.74, 6) is 0.772. The number of H-pyrrole nitrogens is 1. The molecule has 27 heavy (non-hydrogen) atoms. The van der Waals surface area contributed by atoms with Gasteiger partial charge in [0.25, 0.3) is 5.56 Å². The van der Waals surface area contributed by atoms with E-state index in [0.29, 0.717) is 16.4 Å². The van der Waals surface area contributed by atoms with Gasteiger partial charge in [0.2, 0.25) is 0 Å². The third-order valence-electron chi connectivity index (χ3n) is 5.71. The number of nitrogens with one attached hydrogen (secondary N) is 1. The molecule has 6 nitrogen and oxygen atoms in total. The van der Waals surface area contributed by atoms with Crippen molar-refractivity contribution < 1.29 is 0 Å². The van der Waals surface area contributed by atoms with Crippen molar-refractivity contribution in [3.8, 4) is 0 Å². The SMILES string of the molecule is C=N/C(=C\N=C(/C)Sc1cc[nH]c(=O)c1Cl)N1CCC2(CCC[C@H]2N)CC1. The third-order valence-corrected chi connectivity index (χ3v) is 7.15. The molecule has 1 aliphatic heterocycles. The number of aliphatic imine (C=N–C) groups is 2. The quantitative estimate of drug-likeness (QED) is 0.453. The highest BCUT2D eigenvalue weighted by molar-refractivity contribution is 8.14. The highest BCUT2D eigenvalue weighted by atomic mass is 35.5. The van der Waals surface area contributed by atoms with E-state index in [1.807, 2.05) is 6.92 Å². The van der Waals surface area contributed by atoms with Gasteiger partial charge in [-0.3, -0.25) is 9.79 Å². The van der Waals surface area contributed by atoms with E-state index in [1.165, 1.54) is 24.6 Å². The van der Waals surface area contributed by atoms with Crippen LogP contribution in [0.5, 0.6) is 0 Å². The first-order valence-corrected chi connectivity index (χ1v) is 10.4. The monoisotopic (exact) mass is 407 g/mol. The normalized spacial score (nSPS) is 23.1. The van der Waals surface area contributed by atoms with Crippen LogP contribution in [0.3, 0.4) is 0 Å². The topological polar surface area (TPSA) is 86.8 Å². The van der Waals surface area contributed by atoms with E-state index in [1.54, 1.807) is 18.5 Å². The lowest BCUT2D eigenvalue weighted by Gasteiger charge is -2.42. The van der Waals surface area contributed by atoms with E-state index < -0.39 is 0 Å². The molecule has 8 heteroatoms. The number of pyridine rings is 1. The summed E-state index contributed by atoms with van der Waals surface area (Å²) in [6, 6.07) is 2.10. The van der Waals surface area contributed by atoms with Crippen LogP contribution < -0.4 is 11.3 Å². The largest absolute Gasteiger partial charge is 0.355 e. The molecule has 0 radical (unpaired) electrons. The zero-order chi connectivity index (χ0) is 19.4. The average Bonchev–Trinajstić information content (AvgIpc) is 3.01. The molecule has 3 N–H and O–H groups in total. The molecule has 1 aromatic rings. The summed E-state index contributed by atoms with van der Waals surface area (Å²) >= 11 is 7.39. The molecule has 2 fully saturated rings. The molecule has 1 saturated heterocycles. The van der Waals surface area contributed by atoms with Crippen LogP contribution in [0.15, 0.2) is 44.0 Å². The standard InChI is InChI=1S/C19H26ClN5OS/c1-13(27-14-5-9-23-18(26)17(14)20)24-12-16(22-2)25-10-7-19(8-11-25)6-3-4-15(19)21/h5,9,12,15H,2-4,6-8,10-11,21H2,1H3,(H,23,26)/b16-12+,24-13+/t15-/m1/s1. The Morgan fingerprint density at radius 3 is 2.85 bits per heavy atom. The Labute approximate surface area is 169 Å². The van der Waals surface area contributed by atoms with Crippen LogP contribution in [-0.2, 0) is 0 Å². The maximum absolute atomic E-state index is 11.6. The second-order valence-corrected chi connectivity index (χ2v) is 8.84. The lowest BCUT2D eigenvalue weighted by molar-refractivity contribution is 0.115. The maximum atomic E-state index is 11.6. The predicted molar refractivity (Wildman–Crippen MR) is 114 cm³/mol. The van der Waals surface area contributed by atoms with Crippen LogP contribution in [0.25, 0.3) is 0 Å². The molecule has 0 unspecified atom stereocenters. The third kappa shape index (κ3) is 4.47. The number of nitrogens with zero attached hydrogens (tertiary/aromatic N) is 3. The number of hydrogen-bond acceptors (Lipinski definition) is 6. The lowest BCUT2D eigenvalue weighted by atomic mass is 9.74. The molecule has 1 atom stereocenters. The van der Waals surface area contributed by atoms with E-state index in [2.05, 4.69) is 26.6 Å². The van der Waals surface area contributed by atoms with Crippen LogP contribution in [-0.4, -0.2) is 40.8 Å². The van der Waals surface area contributed by atoms with Crippen LogP contribution in [0.2, 0.25) is 5.02 Å². The van der Waals surface area contributed by atoms with Crippen LogP contribution in [0.4, 0.5) is 0 Å². The van der Waals surface area contributed by atoms with Gasteiger partial charge in [-0.05, 0) is 50.8 Å². The van der Waals surface area contributed by atoms with Crippen molar-refractivity contribution in [1.29, 1.82) is 0 Å². The summed E-state index contributed by atoms with van der Waals surface area (Å²) in [5.41, 5.74) is 6.38. The number of likely N-dealkylation sites (tertiary alicyclic amines) is 1. The first kappa shape index (κ1) is 20.2. The fourth-order valence-electron chi connectivity index (χ4n) is 4.04. The van der Waals surface area contributed by atoms with Crippen LogP contribution in [0.1, 0.15) is 39.0 Å². The second kappa shape index (κ2) is 8.63. The highest BCUT2D eigenvalue weighted by Gasteiger charge is 2.43. The Hall–Kier alpha value is -1.57. The first-order chi connectivity index (χ1) is 12.9. The molecule has 1 aliphatic carbocycles. The van der Waals surface area contributed by atoms with Gasteiger partial charge in [-0.2, -0.15) is 0 Å². The zero-order valence-corrected chi connectivity index (χ0v) is 17.2. The van der Waals surface area contributed by atoms with Gasteiger partial charge in [0, 0.05) is 30.2 Å². The number of piperidine rings is 1.